The van der Waals surface area contributed by atoms with Crippen LogP contribution in [0.15, 0.2) is 12.1 Å². The van der Waals surface area contributed by atoms with Gasteiger partial charge in [0.1, 0.15) is 5.75 Å². The Bertz CT molecular complexity index is 425. The Morgan fingerprint density at radius 3 is 2.78 bits per heavy atom. The third-order valence-corrected chi connectivity index (χ3v) is 2.72. The minimum atomic E-state index is -0.189. The van der Waals surface area contributed by atoms with Crippen LogP contribution >= 0.6 is 23.2 Å². The molecular weight excluding hydrogens is 275 g/mol. The molecule has 0 unspecified atom stereocenters. The van der Waals surface area contributed by atoms with E-state index >= 15 is 0 Å². The number of hydrogen-bond donors (Lipinski definition) is 2. The minimum Gasteiger partial charge on any atom is -0.482 e. The molecule has 0 radical (unpaired) electrons. The highest BCUT2D eigenvalue weighted by atomic mass is 35.5. The Kier molecular flexibility index (Phi) is 6.25. The first-order chi connectivity index (χ1) is 8.58. The van der Waals surface area contributed by atoms with Gasteiger partial charge in [-0.1, -0.05) is 30.1 Å². The van der Waals surface area contributed by atoms with Crippen LogP contribution in [0.2, 0.25) is 10.0 Å². The molecule has 6 heteroatoms. The third kappa shape index (κ3) is 4.37. The smallest absolute Gasteiger partial charge is 0.257 e. The summed E-state index contributed by atoms with van der Waals surface area (Å²) in [6.45, 7) is 2.75. The monoisotopic (exact) mass is 290 g/mol. The van der Waals surface area contributed by atoms with Crippen molar-refractivity contribution in [3.63, 3.8) is 0 Å². The Labute approximate surface area is 116 Å². The molecule has 100 valence electrons. The summed E-state index contributed by atoms with van der Waals surface area (Å²) in [5, 5.41) is 3.55. The van der Waals surface area contributed by atoms with E-state index in [-0.39, 0.29) is 19.1 Å². The van der Waals surface area contributed by atoms with Gasteiger partial charge in [-0.2, -0.15) is 0 Å². The van der Waals surface area contributed by atoms with E-state index in [2.05, 4.69) is 5.32 Å². The number of rotatable bonds is 6. The molecule has 0 spiro atoms. The summed E-state index contributed by atoms with van der Waals surface area (Å²) < 4.78 is 5.39. The summed E-state index contributed by atoms with van der Waals surface area (Å²) in [7, 11) is 0. The molecule has 3 N–H and O–H groups in total. The first kappa shape index (κ1) is 15.1. The maximum absolute atomic E-state index is 11.4. The largest absolute Gasteiger partial charge is 0.482 e. The fourth-order valence-corrected chi connectivity index (χ4v) is 1.97. The van der Waals surface area contributed by atoms with Crippen molar-refractivity contribution in [1.29, 1.82) is 0 Å². The summed E-state index contributed by atoms with van der Waals surface area (Å²) in [4.78, 5) is 11.4. The number of ether oxygens (including phenoxy) is 1. The second kappa shape index (κ2) is 7.46. The van der Waals surface area contributed by atoms with E-state index in [1.165, 1.54) is 0 Å². The quantitative estimate of drug-likeness (QED) is 0.845. The number of benzene rings is 1. The highest BCUT2D eigenvalue weighted by Crippen LogP contribution is 2.32. The Hall–Kier alpha value is -0.970. The number of nitrogens with one attached hydrogen (secondary N) is 1. The maximum atomic E-state index is 11.4. The number of carbonyl (C=O) groups excluding carboxylic acids is 1. The summed E-state index contributed by atoms with van der Waals surface area (Å²) in [6.07, 6.45) is 0.876. The zero-order chi connectivity index (χ0) is 13.5. The second-order valence-corrected chi connectivity index (χ2v) is 4.56. The average Bonchev–Trinajstić information content (AvgIpc) is 2.34. The number of nitrogens with two attached hydrogens (primary N) is 1. The van der Waals surface area contributed by atoms with Crippen LogP contribution in [0, 0.1) is 0 Å². The SMILES string of the molecule is CCCNC(=O)COc1c(Cl)cc(Cl)cc1CN. The molecule has 0 fully saturated rings. The van der Waals surface area contributed by atoms with Gasteiger partial charge in [-0.05, 0) is 18.6 Å². The van der Waals surface area contributed by atoms with Gasteiger partial charge in [-0.15, -0.1) is 0 Å². The molecule has 1 amide bonds. The molecule has 0 aromatic heterocycles. The zero-order valence-electron chi connectivity index (χ0n) is 10.1. The number of hydrogen-bond acceptors (Lipinski definition) is 3. The molecule has 18 heavy (non-hydrogen) atoms. The molecule has 0 atom stereocenters. The van der Waals surface area contributed by atoms with Crippen LogP contribution in [0.1, 0.15) is 18.9 Å². The highest BCUT2D eigenvalue weighted by Gasteiger charge is 2.11. The van der Waals surface area contributed by atoms with E-state index < -0.39 is 0 Å². The molecule has 1 aromatic carbocycles. The van der Waals surface area contributed by atoms with Crippen LogP contribution in [0.5, 0.6) is 5.75 Å². The van der Waals surface area contributed by atoms with Gasteiger partial charge in [-0.3, -0.25) is 4.79 Å². The maximum Gasteiger partial charge on any atom is 0.257 e. The predicted octanol–water partition coefficient (Wildman–Crippen LogP) is 2.36. The molecule has 0 aliphatic heterocycles. The van der Waals surface area contributed by atoms with E-state index in [4.69, 9.17) is 33.7 Å². The van der Waals surface area contributed by atoms with Crippen molar-refractivity contribution in [3.8, 4) is 5.75 Å². The average molecular weight is 291 g/mol. The van der Waals surface area contributed by atoms with Gasteiger partial charge in [0.05, 0.1) is 5.02 Å². The molecular formula is C12H16Cl2N2O2. The molecule has 0 heterocycles. The highest BCUT2D eigenvalue weighted by molar-refractivity contribution is 6.35. The Morgan fingerprint density at radius 2 is 2.17 bits per heavy atom. The summed E-state index contributed by atoms with van der Waals surface area (Å²) in [6, 6.07) is 3.23. The number of carbonyl (C=O) groups is 1. The predicted molar refractivity (Wildman–Crippen MR) is 73.1 cm³/mol. The van der Waals surface area contributed by atoms with Gasteiger partial charge < -0.3 is 15.8 Å². The van der Waals surface area contributed by atoms with E-state index in [1.807, 2.05) is 6.92 Å². The van der Waals surface area contributed by atoms with Crippen molar-refractivity contribution in [2.75, 3.05) is 13.2 Å². The fraction of sp³-hybridized carbons (Fsp3) is 0.417. The van der Waals surface area contributed by atoms with Crippen molar-refractivity contribution < 1.29 is 9.53 Å². The standard InChI is InChI=1S/C12H16Cl2N2O2/c1-2-3-16-11(17)7-18-12-8(6-15)4-9(13)5-10(12)14/h4-5H,2-3,6-7,15H2,1H3,(H,16,17). The minimum absolute atomic E-state index is 0.0889. The summed E-state index contributed by atoms with van der Waals surface area (Å²) in [5.74, 6) is 0.223. The lowest BCUT2D eigenvalue weighted by Crippen LogP contribution is -2.29. The van der Waals surface area contributed by atoms with Crippen molar-refractivity contribution in [3.05, 3.63) is 27.7 Å². The Balaban J connectivity index is 2.69. The third-order valence-electron chi connectivity index (χ3n) is 2.22. The van der Waals surface area contributed by atoms with Crippen LogP contribution in [0.25, 0.3) is 0 Å². The van der Waals surface area contributed by atoms with Gasteiger partial charge in [0, 0.05) is 23.7 Å². The van der Waals surface area contributed by atoms with E-state index in [9.17, 15) is 4.79 Å². The lowest BCUT2D eigenvalue weighted by Gasteiger charge is -2.12. The lowest BCUT2D eigenvalue weighted by atomic mass is 10.2. The van der Waals surface area contributed by atoms with Crippen LogP contribution in [0.3, 0.4) is 0 Å². The normalized spacial score (nSPS) is 10.2. The zero-order valence-corrected chi connectivity index (χ0v) is 11.6. The summed E-state index contributed by atoms with van der Waals surface area (Å²) in [5.41, 5.74) is 6.25. The lowest BCUT2D eigenvalue weighted by molar-refractivity contribution is -0.123. The van der Waals surface area contributed by atoms with Gasteiger partial charge >= 0.3 is 0 Å². The van der Waals surface area contributed by atoms with Gasteiger partial charge in [0.2, 0.25) is 0 Å². The van der Waals surface area contributed by atoms with Crippen LogP contribution < -0.4 is 15.8 Å². The topological polar surface area (TPSA) is 64.3 Å². The molecule has 0 aliphatic carbocycles. The van der Waals surface area contributed by atoms with Crippen molar-refractivity contribution in [1.82, 2.24) is 5.32 Å². The van der Waals surface area contributed by atoms with Gasteiger partial charge in [-0.25, -0.2) is 0 Å². The van der Waals surface area contributed by atoms with Gasteiger partial charge in [0.25, 0.3) is 5.91 Å². The Morgan fingerprint density at radius 1 is 1.44 bits per heavy atom. The molecule has 0 saturated heterocycles. The van der Waals surface area contributed by atoms with Crippen LogP contribution in [-0.2, 0) is 11.3 Å². The van der Waals surface area contributed by atoms with E-state index in [0.29, 0.717) is 27.9 Å². The molecule has 0 saturated carbocycles. The van der Waals surface area contributed by atoms with Crippen molar-refractivity contribution in [2.24, 2.45) is 5.73 Å². The molecule has 1 rings (SSSR count). The van der Waals surface area contributed by atoms with E-state index in [0.717, 1.165) is 6.42 Å². The van der Waals surface area contributed by atoms with E-state index in [1.54, 1.807) is 12.1 Å². The molecule has 0 aliphatic rings. The fourth-order valence-electron chi connectivity index (χ4n) is 1.38. The molecule has 0 bridgehead atoms. The summed E-state index contributed by atoms with van der Waals surface area (Å²) >= 11 is 11.9. The first-order valence-corrected chi connectivity index (χ1v) is 6.41. The molecule has 1 aromatic rings. The van der Waals surface area contributed by atoms with Crippen LogP contribution in [-0.4, -0.2) is 19.1 Å². The van der Waals surface area contributed by atoms with Crippen molar-refractivity contribution in [2.45, 2.75) is 19.9 Å². The number of halogens is 2. The second-order valence-electron chi connectivity index (χ2n) is 3.72. The molecule has 4 nitrogen and oxygen atoms in total. The first-order valence-electron chi connectivity index (χ1n) is 5.66. The van der Waals surface area contributed by atoms with Crippen molar-refractivity contribution >= 4 is 29.1 Å². The van der Waals surface area contributed by atoms with Gasteiger partial charge in [0.15, 0.2) is 6.61 Å². The number of amides is 1. The van der Waals surface area contributed by atoms with Crippen LogP contribution in [0.4, 0.5) is 0 Å².